The zero-order valence-electron chi connectivity index (χ0n) is 31.3. The lowest BCUT2D eigenvalue weighted by atomic mass is 9.96. The molecule has 1 aliphatic carbocycles. The van der Waals surface area contributed by atoms with Gasteiger partial charge in [0.1, 0.15) is 17.0 Å². The number of rotatable bonds is 14. The Morgan fingerprint density at radius 2 is 1.73 bits per heavy atom. The summed E-state index contributed by atoms with van der Waals surface area (Å²) >= 11 is 1.37. The van der Waals surface area contributed by atoms with Crippen molar-refractivity contribution in [2.75, 3.05) is 40.7 Å². The Morgan fingerprint density at radius 3 is 2.38 bits per heavy atom. The molecule has 1 fully saturated rings. The van der Waals surface area contributed by atoms with Gasteiger partial charge in [-0.05, 0) is 98.3 Å². The third kappa shape index (κ3) is 9.14. The molecule has 12 heteroatoms. The summed E-state index contributed by atoms with van der Waals surface area (Å²) in [6, 6.07) is 25.5. The summed E-state index contributed by atoms with van der Waals surface area (Å²) in [6.07, 6.45) is 15.6. The maximum atomic E-state index is 13.3. The van der Waals surface area contributed by atoms with Crippen LogP contribution < -0.4 is 19.2 Å². The minimum absolute atomic E-state index is 0.0499. The van der Waals surface area contributed by atoms with Gasteiger partial charge in [-0.3, -0.25) is 14.9 Å². The zero-order chi connectivity index (χ0) is 38.9. The fourth-order valence-electron chi connectivity index (χ4n) is 7.15. The van der Waals surface area contributed by atoms with E-state index in [9.17, 15) is 19.1 Å². The second-order valence-electron chi connectivity index (χ2n) is 13.5. The first-order valence-electron chi connectivity index (χ1n) is 18.3. The van der Waals surface area contributed by atoms with Crippen LogP contribution >= 0.6 is 11.9 Å². The van der Waals surface area contributed by atoms with Crippen molar-refractivity contribution < 1.29 is 13.9 Å². The molecule has 0 bridgehead atoms. The lowest BCUT2D eigenvalue weighted by Gasteiger charge is -2.37. The van der Waals surface area contributed by atoms with Crippen LogP contribution in [0.5, 0.6) is 0 Å². The van der Waals surface area contributed by atoms with Gasteiger partial charge in [-0.25, -0.2) is 8.93 Å². The molecular weight excluding hydrogens is 729 g/mol. The van der Waals surface area contributed by atoms with Crippen molar-refractivity contribution in [2.45, 2.75) is 49.3 Å². The highest BCUT2D eigenvalue weighted by atomic mass is 32.2. The standard InChI is InChI=1S/C43H46N6O4S2/c1-5-7-9-13-32(6-2)43-42(39(30-50)31(3)46(43)4)33-14-12-15-36(28-33)48-26-24-47(25-27-48)35-20-18-34(19-21-35)45-55(53)38-22-23-40(41(29-38)49(51)52)44-54-37-16-10-8-11-17-37/h1,6,8-21,28-30,38,40,44-45H,7,22-27H2,2-4H3/b13-9-,32-6+. The van der Waals surface area contributed by atoms with Crippen LogP contribution in [0.3, 0.4) is 0 Å². The minimum Gasteiger partial charge on any atom is -0.368 e. The molecule has 0 amide bonds. The van der Waals surface area contributed by atoms with Crippen molar-refractivity contribution in [3.63, 3.8) is 0 Å². The van der Waals surface area contributed by atoms with Crippen LogP contribution in [0.4, 0.5) is 17.1 Å². The molecule has 2 heterocycles. The van der Waals surface area contributed by atoms with Crippen molar-refractivity contribution >= 4 is 51.9 Å². The second-order valence-corrected chi connectivity index (χ2v) is 15.8. The summed E-state index contributed by atoms with van der Waals surface area (Å²) < 4.78 is 21.7. The average molecular weight is 775 g/mol. The van der Waals surface area contributed by atoms with Crippen molar-refractivity contribution in [1.29, 1.82) is 0 Å². The number of nitro groups is 1. The van der Waals surface area contributed by atoms with Crippen molar-refractivity contribution in [1.82, 2.24) is 9.29 Å². The zero-order valence-corrected chi connectivity index (χ0v) is 32.9. The molecule has 3 aromatic carbocycles. The van der Waals surface area contributed by atoms with Gasteiger partial charge in [-0.1, -0.05) is 48.6 Å². The van der Waals surface area contributed by atoms with Crippen LogP contribution in [0.2, 0.25) is 0 Å². The number of hydrogen-bond donors (Lipinski definition) is 2. The first kappa shape index (κ1) is 39.3. The number of allylic oxidation sites excluding steroid dienone is 4. The van der Waals surface area contributed by atoms with Crippen molar-refractivity contribution in [3.05, 3.63) is 136 Å². The predicted molar refractivity (Wildman–Crippen MR) is 227 cm³/mol. The lowest BCUT2D eigenvalue weighted by molar-refractivity contribution is -0.431. The van der Waals surface area contributed by atoms with E-state index >= 15 is 0 Å². The fourth-order valence-corrected chi connectivity index (χ4v) is 9.09. The summed E-state index contributed by atoms with van der Waals surface area (Å²) in [5, 5.41) is 11.4. The SMILES string of the molecule is C#CC/C=C\C(=C/C)c1c(-c2cccc(N3CCN(c4ccc(NS(=O)C5C=C([N+](=O)[O-])C(NSc6ccccc6)CC5)cc4)CC3)c2)c(C=O)c(C)n1C. The highest BCUT2D eigenvalue weighted by Gasteiger charge is 2.34. The molecule has 3 unspecified atom stereocenters. The fraction of sp³-hybridized carbons (Fsp3) is 0.279. The van der Waals surface area contributed by atoms with Crippen molar-refractivity contribution in [3.8, 4) is 23.5 Å². The van der Waals surface area contributed by atoms with Crippen LogP contribution in [-0.4, -0.2) is 57.5 Å². The van der Waals surface area contributed by atoms with E-state index < -0.39 is 22.3 Å². The number of hydrogen-bond acceptors (Lipinski definition) is 8. The molecule has 4 aromatic rings. The number of nitrogens with zero attached hydrogens (tertiary/aromatic N) is 4. The quantitative estimate of drug-likeness (QED) is 0.0330. The summed E-state index contributed by atoms with van der Waals surface area (Å²) in [6.45, 7) is 7.23. The highest BCUT2D eigenvalue weighted by Crippen LogP contribution is 2.38. The second kappa shape index (κ2) is 18.3. The van der Waals surface area contributed by atoms with Gasteiger partial charge >= 0.3 is 0 Å². The molecule has 284 valence electrons. The number of terminal acetylenes is 1. The summed E-state index contributed by atoms with van der Waals surface area (Å²) in [4.78, 5) is 29.7. The number of benzene rings is 3. The van der Waals surface area contributed by atoms with Gasteiger partial charge in [0.05, 0.1) is 15.9 Å². The monoisotopic (exact) mass is 774 g/mol. The molecule has 6 rings (SSSR count). The largest absolute Gasteiger partial charge is 0.368 e. The molecule has 2 N–H and O–H groups in total. The number of carbonyl (C=O) groups excluding carboxylic acids is 1. The number of nitrogens with one attached hydrogen (secondary N) is 2. The first-order chi connectivity index (χ1) is 26.7. The molecule has 55 heavy (non-hydrogen) atoms. The molecule has 1 saturated heterocycles. The highest BCUT2D eigenvalue weighted by molar-refractivity contribution is 7.97. The third-order valence-electron chi connectivity index (χ3n) is 10.2. The number of carbonyl (C=O) groups is 1. The van der Waals surface area contributed by atoms with Crippen LogP contribution in [0.25, 0.3) is 16.7 Å². The number of piperazine rings is 1. The van der Waals surface area contributed by atoms with E-state index in [0.717, 1.165) is 76.8 Å². The normalized spacial score (nSPS) is 18.1. The third-order valence-corrected chi connectivity index (χ3v) is 12.5. The molecule has 0 radical (unpaired) electrons. The number of aromatic nitrogens is 1. The van der Waals surface area contributed by atoms with Crippen molar-refractivity contribution in [2.24, 2.45) is 7.05 Å². The van der Waals surface area contributed by atoms with Gasteiger partial charge in [0.25, 0.3) is 5.70 Å². The molecule has 0 saturated carbocycles. The maximum absolute atomic E-state index is 13.3. The smallest absolute Gasteiger partial charge is 0.261 e. The maximum Gasteiger partial charge on any atom is 0.261 e. The van der Waals surface area contributed by atoms with E-state index in [0.29, 0.717) is 30.5 Å². The summed E-state index contributed by atoms with van der Waals surface area (Å²) in [5.41, 5.74) is 8.40. The Balaban J connectivity index is 1.08. The topological polar surface area (TPSA) is 113 Å². The predicted octanol–water partition coefficient (Wildman–Crippen LogP) is 8.19. The van der Waals surface area contributed by atoms with Gasteiger partial charge in [-0.2, -0.15) is 0 Å². The molecule has 0 spiro atoms. The molecule has 3 atom stereocenters. The van der Waals surface area contributed by atoms with Gasteiger partial charge in [0.2, 0.25) is 0 Å². The van der Waals surface area contributed by atoms with Gasteiger partial charge < -0.3 is 19.1 Å². The van der Waals surface area contributed by atoms with Gasteiger partial charge in [0.15, 0.2) is 6.29 Å². The van der Waals surface area contributed by atoms with Gasteiger partial charge in [-0.15, -0.1) is 12.3 Å². The van der Waals surface area contributed by atoms with Gasteiger partial charge in [0, 0.05) is 84.5 Å². The summed E-state index contributed by atoms with van der Waals surface area (Å²) in [5.74, 6) is 2.66. The Morgan fingerprint density at radius 1 is 1.02 bits per heavy atom. The Bertz CT molecular complexity index is 2160. The average Bonchev–Trinajstić information content (AvgIpc) is 3.47. The molecule has 1 aliphatic heterocycles. The Kier molecular flexibility index (Phi) is 13.1. The van der Waals surface area contributed by atoms with Crippen LogP contribution in [0.15, 0.2) is 114 Å². The Hall–Kier alpha value is -5.35. The molecule has 10 nitrogen and oxygen atoms in total. The molecule has 2 aliphatic rings. The van der Waals surface area contributed by atoms with Crippen LogP contribution in [-0.2, 0) is 18.0 Å². The van der Waals surface area contributed by atoms with E-state index in [1.54, 1.807) is 6.08 Å². The Labute approximate surface area is 330 Å². The van der Waals surface area contributed by atoms with E-state index in [4.69, 9.17) is 6.42 Å². The van der Waals surface area contributed by atoms with Crippen LogP contribution in [0.1, 0.15) is 47.9 Å². The molecular formula is C43H46N6O4S2. The van der Waals surface area contributed by atoms with E-state index in [1.165, 1.54) is 11.9 Å². The first-order valence-corrected chi connectivity index (χ1v) is 20.4. The van der Waals surface area contributed by atoms with Crippen LogP contribution in [0, 0.1) is 29.4 Å². The summed E-state index contributed by atoms with van der Waals surface area (Å²) in [7, 11) is 0.461. The number of anilines is 3. The number of aldehydes is 1. The van der Waals surface area contributed by atoms with E-state index in [2.05, 4.69) is 54.0 Å². The minimum atomic E-state index is -1.53. The van der Waals surface area contributed by atoms with E-state index in [-0.39, 0.29) is 10.6 Å². The van der Waals surface area contributed by atoms with E-state index in [1.807, 2.05) is 93.7 Å². The molecule has 1 aromatic heterocycles. The lowest BCUT2D eigenvalue weighted by Crippen LogP contribution is -2.46.